The van der Waals surface area contributed by atoms with Crippen LogP contribution in [0, 0.1) is 0 Å². The summed E-state index contributed by atoms with van der Waals surface area (Å²) in [5, 5.41) is 12.3. The van der Waals surface area contributed by atoms with E-state index in [2.05, 4.69) is 15.5 Å². The summed E-state index contributed by atoms with van der Waals surface area (Å²) in [5.41, 5.74) is 1.03. The fraction of sp³-hybridized carbons (Fsp3) is 0.333. The molecule has 0 unspecified atom stereocenters. The average molecular weight is 281 g/mol. The summed E-state index contributed by atoms with van der Waals surface area (Å²) in [7, 11) is 0. The molecule has 0 spiro atoms. The van der Waals surface area contributed by atoms with Gasteiger partial charge >= 0.3 is 0 Å². The van der Waals surface area contributed by atoms with Crippen molar-refractivity contribution in [3.05, 3.63) is 30.3 Å². The number of aromatic nitrogens is 2. The van der Waals surface area contributed by atoms with Gasteiger partial charge in [-0.2, -0.15) is 0 Å². The SMILES string of the molecule is CCOCCSc1nnc(Nc2ccccc2)s1. The molecule has 1 aromatic carbocycles. The van der Waals surface area contributed by atoms with Crippen molar-refractivity contribution >= 4 is 33.9 Å². The zero-order valence-corrected chi connectivity index (χ0v) is 11.8. The molecule has 96 valence electrons. The molecule has 0 saturated carbocycles. The molecule has 2 aromatic rings. The number of para-hydroxylation sites is 1. The zero-order chi connectivity index (χ0) is 12.6. The first-order chi connectivity index (χ1) is 8.88. The fourth-order valence-electron chi connectivity index (χ4n) is 1.30. The van der Waals surface area contributed by atoms with Crippen LogP contribution in [0.4, 0.5) is 10.8 Å². The third kappa shape index (κ3) is 4.29. The van der Waals surface area contributed by atoms with E-state index in [0.29, 0.717) is 0 Å². The van der Waals surface area contributed by atoms with Crippen LogP contribution in [-0.2, 0) is 4.74 Å². The van der Waals surface area contributed by atoms with Crippen molar-refractivity contribution in [3.8, 4) is 0 Å². The number of hydrogen-bond donors (Lipinski definition) is 1. The maximum atomic E-state index is 5.28. The molecular formula is C12H15N3OS2. The fourth-order valence-corrected chi connectivity index (χ4v) is 2.99. The third-order valence-corrected chi connectivity index (χ3v) is 4.03. The van der Waals surface area contributed by atoms with Gasteiger partial charge in [-0.15, -0.1) is 10.2 Å². The largest absolute Gasteiger partial charge is 0.381 e. The van der Waals surface area contributed by atoms with Crippen LogP contribution in [0.5, 0.6) is 0 Å². The predicted octanol–water partition coefficient (Wildman–Crippen LogP) is 3.41. The summed E-state index contributed by atoms with van der Waals surface area (Å²) in [5.74, 6) is 0.911. The quantitative estimate of drug-likeness (QED) is 0.622. The van der Waals surface area contributed by atoms with E-state index >= 15 is 0 Å². The molecule has 18 heavy (non-hydrogen) atoms. The Balaban J connectivity index is 1.83. The highest BCUT2D eigenvalue weighted by molar-refractivity contribution is 8.01. The summed E-state index contributed by atoms with van der Waals surface area (Å²) in [6.45, 7) is 3.51. The zero-order valence-electron chi connectivity index (χ0n) is 10.1. The van der Waals surface area contributed by atoms with Crippen molar-refractivity contribution in [2.24, 2.45) is 0 Å². The second-order valence-electron chi connectivity index (χ2n) is 3.41. The average Bonchev–Trinajstić information content (AvgIpc) is 2.84. The van der Waals surface area contributed by atoms with Gasteiger partial charge in [0.25, 0.3) is 0 Å². The van der Waals surface area contributed by atoms with Gasteiger partial charge in [-0.05, 0) is 19.1 Å². The normalized spacial score (nSPS) is 10.5. The molecule has 0 aliphatic carbocycles. The Kier molecular flexibility index (Phi) is 5.44. The van der Waals surface area contributed by atoms with Crippen LogP contribution in [0.15, 0.2) is 34.7 Å². The molecule has 0 aliphatic rings. The van der Waals surface area contributed by atoms with Crippen LogP contribution in [0.3, 0.4) is 0 Å². The predicted molar refractivity (Wildman–Crippen MR) is 76.9 cm³/mol. The minimum atomic E-state index is 0.752. The Hall–Kier alpha value is -1.11. The smallest absolute Gasteiger partial charge is 0.210 e. The first-order valence-corrected chi connectivity index (χ1v) is 7.55. The number of anilines is 2. The molecule has 1 N–H and O–H groups in total. The minimum absolute atomic E-state index is 0.752. The molecule has 1 aromatic heterocycles. The number of ether oxygens (including phenoxy) is 1. The summed E-state index contributed by atoms with van der Waals surface area (Å²) in [6, 6.07) is 9.97. The van der Waals surface area contributed by atoms with Crippen molar-refractivity contribution in [1.82, 2.24) is 10.2 Å². The van der Waals surface area contributed by atoms with E-state index in [-0.39, 0.29) is 0 Å². The van der Waals surface area contributed by atoms with Gasteiger partial charge in [0.05, 0.1) is 6.61 Å². The molecular weight excluding hydrogens is 266 g/mol. The first-order valence-electron chi connectivity index (χ1n) is 5.74. The van der Waals surface area contributed by atoms with Gasteiger partial charge in [0.2, 0.25) is 5.13 Å². The highest BCUT2D eigenvalue weighted by Gasteiger charge is 2.04. The summed E-state index contributed by atoms with van der Waals surface area (Å²) < 4.78 is 6.24. The lowest BCUT2D eigenvalue weighted by Crippen LogP contribution is -1.95. The second kappa shape index (κ2) is 7.35. The molecule has 0 amide bonds. The van der Waals surface area contributed by atoms with Crippen molar-refractivity contribution in [3.63, 3.8) is 0 Å². The van der Waals surface area contributed by atoms with E-state index in [4.69, 9.17) is 4.74 Å². The molecule has 0 fully saturated rings. The standard InChI is InChI=1S/C12H15N3OS2/c1-2-16-8-9-17-12-15-14-11(18-12)13-10-6-4-3-5-7-10/h3-7H,2,8-9H2,1H3,(H,13,14). The lowest BCUT2D eigenvalue weighted by Gasteiger charge is -1.99. The summed E-state index contributed by atoms with van der Waals surface area (Å²) in [6.07, 6.45) is 0. The van der Waals surface area contributed by atoms with Gasteiger partial charge in [0.1, 0.15) is 0 Å². The van der Waals surface area contributed by atoms with E-state index in [1.54, 1.807) is 23.1 Å². The Bertz CT molecular complexity index is 461. The molecule has 6 heteroatoms. The Labute approximate surface area is 115 Å². The third-order valence-electron chi connectivity index (χ3n) is 2.09. The molecule has 0 aliphatic heterocycles. The van der Waals surface area contributed by atoms with E-state index < -0.39 is 0 Å². The Morgan fingerprint density at radius 1 is 1.28 bits per heavy atom. The number of hydrogen-bond acceptors (Lipinski definition) is 6. The number of benzene rings is 1. The van der Waals surface area contributed by atoms with E-state index in [1.807, 2.05) is 37.3 Å². The lowest BCUT2D eigenvalue weighted by atomic mass is 10.3. The van der Waals surface area contributed by atoms with E-state index in [9.17, 15) is 0 Å². The van der Waals surface area contributed by atoms with Crippen molar-refractivity contribution in [2.45, 2.75) is 11.3 Å². The van der Waals surface area contributed by atoms with Gasteiger partial charge in [-0.1, -0.05) is 41.3 Å². The number of nitrogens with one attached hydrogen (secondary N) is 1. The second-order valence-corrected chi connectivity index (χ2v) is 5.73. The molecule has 2 rings (SSSR count). The van der Waals surface area contributed by atoms with Crippen molar-refractivity contribution < 1.29 is 4.74 Å². The van der Waals surface area contributed by atoms with E-state index in [1.165, 1.54) is 0 Å². The van der Waals surface area contributed by atoms with Gasteiger partial charge < -0.3 is 10.1 Å². The summed E-state index contributed by atoms with van der Waals surface area (Å²) in [4.78, 5) is 0. The maximum Gasteiger partial charge on any atom is 0.210 e. The van der Waals surface area contributed by atoms with Crippen LogP contribution in [-0.4, -0.2) is 29.2 Å². The summed E-state index contributed by atoms with van der Waals surface area (Å²) >= 11 is 3.23. The molecule has 1 heterocycles. The number of nitrogens with zero attached hydrogens (tertiary/aromatic N) is 2. The molecule has 0 radical (unpaired) electrons. The van der Waals surface area contributed by atoms with Gasteiger partial charge in [0.15, 0.2) is 4.34 Å². The van der Waals surface area contributed by atoms with Crippen LogP contribution in [0.2, 0.25) is 0 Å². The Morgan fingerprint density at radius 2 is 2.11 bits per heavy atom. The molecule has 0 saturated heterocycles. The molecule has 4 nitrogen and oxygen atoms in total. The topological polar surface area (TPSA) is 47.0 Å². The lowest BCUT2D eigenvalue weighted by molar-refractivity contribution is 0.164. The van der Waals surface area contributed by atoms with E-state index in [0.717, 1.165) is 34.1 Å². The first kappa shape index (κ1) is 13.3. The highest BCUT2D eigenvalue weighted by atomic mass is 32.2. The van der Waals surface area contributed by atoms with Gasteiger partial charge in [-0.3, -0.25) is 0 Å². The van der Waals surface area contributed by atoms with Crippen molar-refractivity contribution in [1.29, 1.82) is 0 Å². The number of thioether (sulfide) groups is 1. The van der Waals surface area contributed by atoms with Crippen LogP contribution >= 0.6 is 23.1 Å². The van der Waals surface area contributed by atoms with Crippen LogP contribution < -0.4 is 5.32 Å². The monoisotopic (exact) mass is 281 g/mol. The molecule has 0 bridgehead atoms. The molecule has 0 atom stereocenters. The highest BCUT2D eigenvalue weighted by Crippen LogP contribution is 2.27. The maximum absolute atomic E-state index is 5.28. The Morgan fingerprint density at radius 3 is 2.89 bits per heavy atom. The van der Waals surface area contributed by atoms with Gasteiger partial charge in [-0.25, -0.2) is 0 Å². The minimum Gasteiger partial charge on any atom is -0.381 e. The number of rotatable bonds is 7. The van der Waals surface area contributed by atoms with Crippen molar-refractivity contribution in [2.75, 3.05) is 24.3 Å². The van der Waals surface area contributed by atoms with Crippen LogP contribution in [0.1, 0.15) is 6.92 Å². The van der Waals surface area contributed by atoms with Gasteiger partial charge in [0, 0.05) is 18.0 Å². The van der Waals surface area contributed by atoms with Crippen LogP contribution in [0.25, 0.3) is 0 Å².